The number of aliphatic hydroxyl groups excluding tert-OH is 1. The van der Waals surface area contributed by atoms with Crippen LogP contribution < -0.4 is 0 Å². The van der Waals surface area contributed by atoms with E-state index in [0.29, 0.717) is 12.0 Å². The zero-order valence-corrected chi connectivity index (χ0v) is 11.4. The summed E-state index contributed by atoms with van der Waals surface area (Å²) >= 11 is 0. The third kappa shape index (κ3) is 3.87. The van der Waals surface area contributed by atoms with Gasteiger partial charge in [-0.1, -0.05) is 35.9 Å². The summed E-state index contributed by atoms with van der Waals surface area (Å²) in [7, 11) is 0. The molecule has 2 aromatic rings. The van der Waals surface area contributed by atoms with Crippen LogP contribution >= 0.6 is 0 Å². The van der Waals surface area contributed by atoms with Gasteiger partial charge in [-0.25, -0.2) is 8.78 Å². The van der Waals surface area contributed by atoms with Gasteiger partial charge in [0, 0.05) is 6.61 Å². The van der Waals surface area contributed by atoms with E-state index < -0.39 is 11.6 Å². The van der Waals surface area contributed by atoms with Crippen LogP contribution in [-0.2, 0) is 12.8 Å². The summed E-state index contributed by atoms with van der Waals surface area (Å²) < 4.78 is 26.1. The van der Waals surface area contributed by atoms with Crippen LogP contribution in [0.15, 0.2) is 42.5 Å². The number of halogens is 2. The van der Waals surface area contributed by atoms with E-state index in [9.17, 15) is 13.9 Å². The van der Waals surface area contributed by atoms with Gasteiger partial charge in [-0.3, -0.25) is 0 Å². The summed E-state index contributed by atoms with van der Waals surface area (Å²) in [6.07, 6.45) is 1.25. The molecule has 0 aliphatic carbocycles. The van der Waals surface area contributed by atoms with Crippen molar-refractivity contribution in [1.82, 2.24) is 0 Å². The highest BCUT2D eigenvalue weighted by atomic mass is 19.2. The minimum absolute atomic E-state index is 0.00154. The Balaban J connectivity index is 2.07. The van der Waals surface area contributed by atoms with Crippen LogP contribution in [0.1, 0.15) is 16.7 Å². The molecule has 1 atom stereocenters. The standard InChI is InChI=1S/C17H18F2O/c1-12-3-2-4-13(7-12)8-15(11-20)9-14-5-6-16(18)17(19)10-14/h2-7,10,15,20H,8-9,11H2,1H3. The van der Waals surface area contributed by atoms with Gasteiger partial charge in [0.2, 0.25) is 0 Å². The number of benzene rings is 2. The number of aryl methyl sites for hydroxylation is 1. The largest absolute Gasteiger partial charge is 0.396 e. The predicted molar refractivity (Wildman–Crippen MR) is 75.5 cm³/mol. The Morgan fingerprint density at radius 2 is 1.65 bits per heavy atom. The summed E-state index contributed by atoms with van der Waals surface area (Å²) in [6, 6.07) is 12.0. The molecular weight excluding hydrogens is 258 g/mol. The van der Waals surface area contributed by atoms with Gasteiger partial charge in [0.15, 0.2) is 11.6 Å². The van der Waals surface area contributed by atoms with Crippen LogP contribution in [0, 0.1) is 24.5 Å². The number of hydrogen-bond acceptors (Lipinski definition) is 1. The molecule has 3 heteroatoms. The van der Waals surface area contributed by atoms with Gasteiger partial charge < -0.3 is 5.11 Å². The van der Waals surface area contributed by atoms with E-state index in [1.807, 2.05) is 25.1 Å². The van der Waals surface area contributed by atoms with Crippen molar-refractivity contribution in [2.24, 2.45) is 5.92 Å². The van der Waals surface area contributed by atoms with Gasteiger partial charge in [0.05, 0.1) is 0 Å². The number of aliphatic hydroxyl groups is 1. The van der Waals surface area contributed by atoms with Crippen molar-refractivity contribution in [1.29, 1.82) is 0 Å². The van der Waals surface area contributed by atoms with Crippen LogP contribution in [-0.4, -0.2) is 11.7 Å². The molecular formula is C17H18F2O. The SMILES string of the molecule is Cc1cccc(CC(CO)Cc2ccc(F)c(F)c2)c1. The first-order valence-electron chi connectivity index (χ1n) is 6.69. The lowest BCUT2D eigenvalue weighted by molar-refractivity contribution is 0.225. The van der Waals surface area contributed by atoms with Crippen LogP contribution in [0.5, 0.6) is 0 Å². The van der Waals surface area contributed by atoms with Crippen molar-refractivity contribution < 1.29 is 13.9 Å². The average molecular weight is 276 g/mol. The lowest BCUT2D eigenvalue weighted by Gasteiger charge is -2.15. The van der Waals surface area contributed by atoms with Gasteiger partial charge in [0.1, 0.15) is 0 Å². The molecule has 0 spiro atoms. The zero-order valence-electron chi connectivity index (χ0n) is 11.4. The van der Waals surface area contributed by atoms with Gasteiger partial charge in [0.25, 0.3) is 0 Å². The smallest absolute Gasteiger partial charge is 0.159 e. The molecule has 0 fully saturated rings. The third-order valence-electron chi connectivity index (χ3n) is 3.37. The minimum atomic E-state index is -0.840. The molecule has 0 heterocycles. The van der Waals surface area contributed by atoms with E-state index in [2.05, 4.69) is 6.07 Å². The number of rotatable bonds is 5. The van der Waals surface area contributed by atoms with Gasteiger partial charge in [-0.15, -0.1) is 0 Å². The van der Waals surface area contributed by atoms with E-state index in [1.54, 1.807) is 6.07 Å². The average Bonchev–Trinajstić information content (AvgIpc) is 2.42. The first kappa shape index (κ1) is 14.7. The summed E-state index contributed by atoms with van der Waals surface area (Å²) in [4.78, 5) is 0. The second kappa shape index (κ2) is 6.62. The van der Waals surface area contributed by atoms with Crippen LogP contribution in [0.3, 0.4) is 0 Å². The van der Waals surface area contributed by atoms with Crippen LogP contribution in [0.4, 0.5) is 8.78 Å². The highest BCUT2D eigenvalue weighted by Gasteiger charge is 2.11. The van der Waals surface area contributed by atoms with Crippen molar-refractivity contribution in [2.75, 3.05) is 6.61 Å². The van der Waals surface area contributed by atoms with Crippen molar-refractivity contribution in [2.45, 2.75) is 19.8 Å². The van der Waals surface area contributed by atoms with E-state index in [-0.39, 0.29) is 12.5 Å². The molecule has 1 nitrogen and oxygen atoms in total. The predicted octanol–water partition coefficient (Wildman–Crippen LogP) is 3.67. The van der Waals surface area contributed by atoms with Crippen molar-refractivity contribution in [3.8, 4) is 0 Å². The molecule has 1 unspecified atom stereocenters. The lowest BCUT2D eigenvalue weighted by atomic mass is 9.92. The van der Waals surface area contributed by atoms with Gasteiger partial charge in [-0.05, 0) is 48.9 Å². The topological polar surface area (TPSA) is 20.2 Å². The molecule has 0 aliphatic rings. The summed E-state index contributed by atoms with van der Waals surface area (Å²) in [6.45, 7) is 2.04. The molecule has 2 rings (SSSR count). The van der Waals surface area contributed by atoms with E-state index in [0.717, 1.165) is 18.1 Å². The Hall–Kier alpha value is -1.74. The highest BCUT2D eigenvalue weighted by Crippen LogP contribution is 2.17. The molecule has 106 valence electrons. The van der Waals surface area contributed by atoms with Crippen LogP contribution in [0.25, 0.3) is 0 Å². The molecule has 0 saturated heterocycles. The molecule has 0 amide bonds. The molecule has 20 heavy (non-hydrogen) atoms. The van der Waals surface area contributed by atoms with Crippen molar-refractivity contribution in [3.05, 3.63) is 70.8 Å². The fraction of sp³-hybridized carbons (Fsp3) is 0.294. The molecule has 0 bridgehead atoms. The Morgan fingerprint density at radius 3 is 2.25 bits per heavy atom. The molecule has 0 radical (unpaired) electrons. The molecule has 0 aromatic heterocycles. The lowest BCUT2D eigenvalue weighted by Crippen LogP contribution is -2.13. The maximum Gasteiger partial charge on any atom is 0.159 e. The molecule has 0 aliphatic heterocycles. The number of hydrogen-bond donors (Lipinski definition) is 1. The molecule has 2 aromatic carbocycles. The second-order valence-electron chi connectivity index (χ2n) is 5.19. The first-order chi connectivity index (χ1) is 9.58. The summed E-state index contributed by atoms with van der Waals surface area (Å²) in [5, 5.41) is 9.47. The van der Waals surface area contributed by atoms with E-state index >= 15 is 0 Å². The third-order valence-corrected chi connectivity index (χ3v) is 3.37. The second-order valence-corrected chi connectivity index (χ2v) is 5.19. The highest BCUT2D eigenvalue weighted by molar-refractivity contribution is 5.23. The Morgan fingerprint density at radius 1 is 0.950 bits per heavy atom. The Bertz CT molecular complexity index is 581. The Kier molecular flexibility index (Phi) is 4.85. The normalized spacial score (nSPS) is 12.4. The van der Waals surface area contributed by atoms with Crippen molar-refractivity contribution in [3.63, 3.8) is 0 Å². The fourth-order valence-electron chi connectivity index (χ4n) is 2.37. The molecule has 1 N–H and O–H groups in total. The molecule has 0 saturated carbocycles. The zero-order chi connectivity index (χ0) is 14.5. The maximum absolute atomic E-state index is 13.2. The first-order valence-corrected chi connectivity index (χ1v) is 6.69. The van der Waals surface area contributed by atoms with E-state index in [1.165, 1.54) is 11.6 Å². The summed E-state index contributed by atoms with van der Waals surface area (Å²) in [5.41, 5.74) is 3.02. The summed E-state index contributed by atoms with van der Waals surface area (Å²) in [5.74, 6) is -1.68. The van der Waals surface area contributed by atoms with Gasteiger partial charge >= 0.3 is 0 Å². The fourth-order valence-corrected chi connectivity index (χ4v) is 2.37. The maximum atomic E-state index is 13.2. The minimum Gasteiger partial charge on any atom is -0.396 e. The van der Waals surface area contributed by atoms with Gasteiger partial charge in [-0.2, -0.15) is 0 Å². The van der Waals surface area contributed by atoms with Crippen LogP contribution in [0.2, 0.25) is 0 Å². The monoisotopic (exact) mass is 276 g/mol. The Labute approximate surface area is 117 Å². The van der Waals surface area contributed by atoms with E-state index in [4.69, 9.17) is 0 Å². The quantitative estimate of drug-likeness (QED) is 0.883. The van der Waals surface area contributed by atoms with Crippen molar-refractivity contribution >= 4 is 0 Å².